The van der Waals surface area contributed by atoms with Crippen LogP contribution < -0.4 is 9.47 Å². The van der Waals surface area contributed by atoms with Crippen LogP contribution in [0.2, 0.25) is 0 Å². The van der Waals surface area contributed by atoms with E-state index in [-0.39, 0.29) is 22.5 Å². The van der Waals surface area contributed by atoms with E-state index in [0.717, 1.165) is 20.2 Å². The lowest BCUT2D eigenvalue weighted by atomic mass is 10.0. The summed E-state index contributed by atoms with van der Waals surface area (Å²) in [5, 5.41) is 24.4. The molecule has 0 amide bonds. The number of nitrogens with zero attached hydrogens (tertiary/aromatic N) is 8. The van der Waals surface area contributed by atoms with Crippen molar-refractivity contribution in [2.24, 2.45) is 0 Å². The van der Waals surface area contributed by atoms with Crippen LogP contribution in [0, 0.1) is 48.1 Å². The van der Waals surface area contributed by atoms with Crippen molar-refractivity contribution in [2.75, 3.05) is 0 Å². The molecule has 8 rings (SSSR count). The van der Waals surface area contributed by atoms with Gasteiger partial charge in [-0.2, -0.15) is 10.5 Å². The predicted octanol–water partition coefficient (Wildman–Crippen LogP) is 9.73. The lowest BCUT2D eigenvalue weighted by Gasteiger charge is -2.10. The highest BCUT2D eigenvalue weighted by atomic mass is 32.1. The van der Waals surface area contributed by atoms with Crippen LogP contribution >= 0.6 is 22.7 Å². The van der Waals surface area contributed by atoms with E-state index in [2.05, 4.69) is 29.9 Å². The van der Waals surface area contributed by atoms with Gasteiger partial charge in [-0.05, 0) is 83.9 Å². The summed E-state index contributed by atoms with van der Waals surface area (Å²) in [6.45, 7) is 3.42. The summed E-state index contributed by atoms with van der Waals surface area (Å²) in [5.74, 6) is 0.481. The number of hydrogen-bond donors (Lipinski definition) is 0. The zero-order valence-electron chi connectivity index (χ0n) is 27.2. The summed E-state index contributed by atoms with van der Waals surface area (Å²) in [6.07, 6.45) is 5.89. The third-order valence-electron chi connectivity index (χ3n) is 7.81. The summed E-state index contributed by atoms with van der Waals surface area (Å²) >= 11 is 3.02. The van der Waals surface area contributed by atoms with Crippen LogP contribution in [-0.2, 0) is 0 Å². The summed E-state index contributed by atoms with van der Waals surface area (Å²) in [5.41, 5.74) is 2.63. The maximum Gasteiger partial charge on any atom is 0.237 e. The Bertz CT molecular complexity index is 2520. The molecule has 10 nitrogen and oxygen atoms in total. The number of aromatic nitrogens is 6. The number of pyridine rings is 2. The van der Waals surface area contributed by atoms with Crippen LogP contribution in [0.1, 0.15) is 22.8 Å². The second-order valence-electron chi connectivity index (χ2n) is 11.0. The molecule has 0 aliphatic rings. The molecule has 0 aliphatic heterocycles. The minimum absolute atomic E-state index is 0.134. The van der Waals surface area contributed by atoms with Gasteiger partial charge < -0.3 is 9.47 Å². The van der Waals surface area contributed by atoms with Crippen molar-refractivity contribution < 1.29 is 18.3 Å². The molecular formula is C38H22F2N8O2S2. The number of benzene rings is 2. The van der Waals surface area contributed by atoms with Gasteiger partial charge in [0.25, 0.3) is 0 Å². The molecule has 0 N–H and O–H groups in total. The maximum absolute atomic E-state index is 14.7. The quantitative estimate of drug-likeness (QED) is 0.163. The molecule has 52 heavy (non-hydrogen) atoms. The first-order valence-corrected chi connectivity index (χ1v) is 17.1. The van der Waals surface area contributed by atoms with Gasteiger partial charge in [0.05, 0.1) is 9.40 Å². The lowest BCUT2D eigenvalue weighted by Crippen LogP contribution is -1.98. The Morgan fingerprint density at radius 2 is 1.02 bits per heavy atom. The Kier molecular flexibility index (Phi) is 9.49. The molecule has 2 aromatic carbocycles. The van der Waals surface area contributed by atoms with E-state index >= 15 is 0 Å². The van der Waals surface area contributed by atoms with E-state index in [0.29, 0.717) is 45.8 Å². The SMILES string of the molecule is Cc1ncnc(C#N)c1-c1ccc(Oc2nccc3ccsc23)cc1F.Cc1ncnc(C#N)c1-c1ccc(Oc2nccc3ccsc23)cc1F. The number of fused-ring (bicyclic) bond motifs is 2. The van der Waals surface area contributed by atoms with Gasteiger partial charge in [-0.25, -0.2) is 38.7 Å². The maximum atomic E-state index is 14.7. The predicted molar refractivity (Wildman–Crippen MR) is 193 cm³/mol. The van der Waals surface area contributed by atoms with Crippen LogP contribution in [0.4, 0.5) is 8.78 Å². The molecule has 14 heteroatoms. The fraction of sp³-hybridized carbons (Fsp3) is 0.0526. The van der Waals surface area contributed by atoms with Gasteiger partial charge in [0.1, 0.15) is 47.9 Å². The first-order chi connectivity index (χ1) is 25.3. The van der Waals surface area contributed by atoms with Gasteiger partial charge >= 0.3 is 0 Å². The highest BCUT2D eigenvalue weighted by molar-refractivity contribution is 7.17. The van der Waals surface area contributed by atoms with Crippen molar-refractivity contribution in [1.82, 2.24) is 29.9 Å². The first kappa shape index (κ1) is 33.7. The van der Waals surface area contributed by atoms with Crippen LogP contribution in [-0.4, -0.2) is 29.9 Å². The summed E-state index contributed by atoms with van der Waals surface area (Å²) in [6, 6.07) is 20.6. The summed E-state index contributed by atoms with van der Waals surface area (Å²) in [4.78, 5) is 24.4. The minimum Gasteiger partial charge on any atom is -0.437 e. The molecule has 0 bridgehead atoms. The molecule has 0 atom stereocenters. The fourth-order valence-electron chi connectivity index (χ4n) is 5.39. The molecule has 252 valence electrons. The summed E-state index contributed by atoms with van der Waals surface area (Å²) in [7, 11) is 0. The van der Waals surface area contributed by atoms with Gasteiger partial charge in [0.2, 0.25) is 11.8 Å². The highest BCUT2D eigenvalue weighted by Crippen LogP contribution is 2.36. The number of hydrogen-bond acceptors (Lipinski definition) is 12. The van der Waals surface area contributed by atoms with Crippen molar-refractivity contribution in [3.63, 3.8) is 0 Å². The van der Waals surface area contributed by atoms with Gasteiger partial charge in [0.15, 0.2) is 11.4 Å². The van der Waals surface area contributed by atoms with E-state index in [1.807, 2.05) is 47.2 Å². The van der Waals surface area contributed by atoms with E-state index in [9.17, 15) is 19.3 Å². The summed E-state index contributed by atoms with van der Waals surface area (Å²) < 4.78 is 42.8. The largest absolute Gasteiger partial charge is 0.437 e. The number of halogens is 2. The van der Waals surface area contributed by atoms with Crippen LogP contribution in [0.3, 0.4) is 0 Å². The van der Waals surface area contributed by atoms with E-state index in [4.69, 9.17) is 9.47 Å². The smallest absolute Gasteiger partial charge is 0.237 e. The van der Waals surface area contributed by atoms with Crippen LogP contribution in [0.15, 0.2) is 96.5 Å². The number of rotatable bonds is 6. The van der Waals surface area contributed by atoms with E-state index in [1.165, 1.54) is 47.5 Å². The number of nitriles is 2. The van der Waals surface area contributed by atoms with E-state index in [1.54, 1.807) is 50.5 Å². The number of aryl methyl sites for hydroxylation is 2. The number of ether oxygens (including phenoxy) is 2. The minimum atomic E-state index is -0.518. The average Bonchev–Trinajstić information content (AvgIpc) is 3.84. The van der Waals surface area contributed by atoms with Crippen molar-refractivity contribution >= 4 is 42.8 Å². The van der Waals surface area contributed by atoms with Crippen LogP contribution in [0.25, 0.3) is 42.4 Å². The van der Waals surface area contributed by atoms with Gasteiger partial charge in [-0.3, -0.25) is 0 Å². The molecule has 0 fully saturated rings. The Morgan fingerprint density at radius 3 is 1.42 bits per heavy atom. The monoisotopic (exact) mass is 724 g/mol. The number of thiophene rings is 2. The molecule has 8 aromatic rings. The molecule has 0 aliphatic carbocycles. The lowest BCUT2D eigenvalue weighted by molar-refractivity contribution is 0.464. The second kappa shape index (κ2) is 14.6. The fourth-order valence-corrected chi connectivity index (χ4v) is 7.03. The van der Waals surface area contributed by atoms with Crippen molar-refractivity contribution in [3.8, 4) is 57.7 Å². The Labute approximate surface area is 302 Å². The molecule has 0 saturated heterocycles. The highest BCUT2D eigenvalue weighted by Gasteiger charge is 2.18. The normalized spacial score (nSPS) is 10.7. The van der Waals surface area contributed by atoms with Gasteiger partial charge in [-0.1, -0.05) is 0 Å². The van der Waals surface area contributed by atoms with Gasteiger partial charge in [-0.15, -0.1) is 22.7 Å². The molecule has 6 aromatic heterocycles. The molecule has 6 heterocycles. The van der Waals surface area contributed by atoms with Gasteiger partial charge in [0, 0.05) is 58.2 Å². The molecular weight excluding hydrogens is 703 g/mol. The van der Waals surface area contributed by atoms with Crippen molar-refractivity contribution in [1.29, 1.82) is 10.5 Å². The third-order valence-corrected chi connectivity index (χ3v) is 9.64. The van der Waals surface area contributed by atoms with Crippen LogP contribution in [0.5, 0.6) is 23.3 Å². The zero-order chi connectivity index (χ0) is 36.2. The third kappa shape index (κ3) is 6.72. The Morgan fingerprint density at radius 1 is 0.577 bits per heavy atom. The first-order valence-electron chi connectivity index (χ1n) is 15.4. The van der Waals surface area contributed by atoms with E-state index < -0.39 is 11.6 Å². The molecule has 0 radical (unpaired) electrons. The molecule has 0 saturated carbocycles. The molecule has 0 spiro atoms. The van der Waals surface area contributed by atoms with Crippen molar-refractivity contribution in [3.05, 3.63) is 131 Å². The Balaban J connectivity index is 0.000000162. The second-order valence-corrected chi connectivity index (χ2v) is 12.8. The standard InChI is InChI=1S/2C19H11FN4OS/c2*1-11-17(16(9-21)24-10-23-11)14-3-2-13(8-15(14)20)25-19-18-12(4-6-22-19)5-7-26-18/h2*2-8,10H,1H3. The topological polar surface area (TPSA) is 143 Å². The molecule has 0 unspecified atom stereocenters. The average molecular weight is 725 g/mol. The Hall–Kier alpha value is -6.74. The zero-order valence-corrected chi connectivity index (χ0v) is 28.8. The van der Waals surface area contributed by atoms with Crippen molar-refractivity contribution in [2.45, 2.75) is 13.8 Å².